The van der Waals surface area contributed by atoms with Gasteiger partial charge in [0.05, 0.1) is 5.92 Å². The lowest BCUT2D eigenvalue weighted by Gasteiger charge is -2.35. The Bertz CT molecular complexity index is 852. The summed E-state index contributed by atoms with van der Waals surface area (Å²) >= 11 is 0. The number of benzene rings is 1. The Balaban J connectivity index is 1.52. The van der Waals surface area contributed by atoms with E-state index in [9.17, 15) is 14.7 Å². The Labute approximate surface area is 165 Å². The molecular weight excluding hydrogens is 356 g/mol. The number of carbonyl (C=O) groups excluding carboxylic acids is 1. The van der Waals surface area contributed by atoms with Crippen molar-refractivity contribution in [3.63, 3.8) is 0 Å². The van der Waals surface area contributed by atoms with E-state index in [1.165, 1.54) is 0 Å². The predicted molar refractivity (Wildman–Crippen MR) is 110 cm³/mol. The third kappa shape index (κ3) is 5.43. The smallest absolute Gasteiger partial charge is 0.308 e. The maximum absolute atomic E-state index is 12.4. The molecule has 1 fully saturated rings. The number of nitrogens with zero attached hydrogens (tertiary/aromatic N) is 2. The number of fused-ring (bicyclic) bond motifs is 1. The zero-order chi connectivity index (χ0) is 20.1. The van der Waals surface area contributed by atoms with Crippen LogP contribution in [0.4, 0.5) is 5.69 Å². The van der Waals surface area contributed by atoms with Crippen LogP contribution in [-0.4, -0.2) is 71.0 Å². The average Bonchev–Trinajstić information content (AvgIpc) is 3.10. The molecule has 1 aromatic carbocycles. The Kier molecular flexibility index (Phi) is 6.49. The molecule has 7 nitrogen and oxygen atoms in total. The van der Waals surface area contributed by atoms with Crippen LogP contribution in [0, 0.1) is 5.92 Å². The standard InChI is InChI=1S/C21H28N4O3/c1-15(2)13-24-7-9-25(10-8-24)14-17(21(27)28)11-20(26)23-18-4-3-16-5-6-22-19(16)12-18/h3-6,12,17,22H,1,7-11,13-14H2,2H3,(H,23,26)(H,27,28). The second-order valence-corrected chi connectivity index (χ2v) is 7.60. The number of aromatic amines is 1. The predicted octanol–water partition coefficient (Wildman–Crippen LogP) is 2.39. The van der Waals surface area contributed by atoms with Gasteiger partial charge in [-0.2, -0.15) is 0 Å². The van der Waals surface area contributed by atoms with Gasteiger partial charge in [-0.25, -0.2) is 0 Å². The molecule has 1 aliphatic heterocycles. The molecule has 1 unspecified atom stereocenters. The van der Waals surface area contributed by atoms with Crippen molar-refractivity contribution in [1.82, 2.24) is 14.8 Å². The van der Waals surface area contributed by atoms with E-state index in [1.807, 2.05) is 37.4 Å². The second-order valence-electron chi connectivity index (χ2n) is 7.60. The Morgan fingerprint density at radius 1 is 1.21 bits per heavy atom. The summed E-state index contributed by atoms with van der Waals surface area (Å²) < 4.78 is 0. The SMILES string of the molecule is C=C(C)CN1CCN(CC(CC(=O)Nc2ccc3cc[nH]c3c2)C(=O)O)CC1. The Morgan fingerprint density at radius 3 is 2.61 bits per heavy atom. The van der Waals surface area contributed by atoms with Crippen LogP contribution < -0.4 is 5.32 Å². The van der Waals surface area contributed by atoms with Crippen LogP contribution in [0.1, 0.15) is 13.3 Å². The molecule has 150 valence electrons. The number of rotatable bonds is 8. The van der Waals surface area contributed by atoms with Gasteiger partial charge in [-0.3, -0.25) is 19.4 Å². The summed E-state index contributed by atoms with van der Waals surface area (Å²) in [5.41, 5.74) is 2.73. The Hall–Kier alpha value is -2.64. The summed E-state index contributed by atoms with van der Waals surface area (Å²) in [7, 11) is 0. The van der Waals surface area contributed by atoms with Crippen LogP contribution >= 0.6 is 0 Å². The molecule has 1 amide bonds. The fraction of sp³-hybridized carbons (Fsp3) is 0.429. The molecule has 0 bridgehead atoms. The van der Waals surface area contributed by atoms with Gasteiger partial charge in [-0.05, 0) is 30.5 Å². The summed E-state index contributed by atoms with van der Waals surface area (Å²) in [6.45, 7) is 10.6. The quantitative estimate of drug-likeness (QED) is 0.608. The first-order valence-corrected chi connectivity index (χ1v) is 9.59. The zero-order valence-corrected chi connectivity index (χ0v) is 16.3. The molecule has 2 aromatic rings. The van der Waals surface area contributed by atoms with Crippen molar-refractivity contribution in [1.29, 1.82) is 0 Å². The first-order chi connectivity index (χ1) is 13.4. The van der Waals surface area contributed by atoms with Gasteiger partial charge in [0.1, 0.15) is 0 Å². The van der Waals surface area contributed by atoms with Gasteiger partial charge in [-0.15, -0.1) is 0 Å². The molecule has 3 N–H and O–H groups in total. The van der Waals surface area contributed by atoms with Crippen molar-refractivity contribution in [2.75, 3.05) is 44.6 Å². The zero-order valence-electron chi connectivity index (χ0n) is 16.3. The van der Waals surface area contributed by atoms with Crippen LogP contribution in [0.3, 0.4) is 0 Å². The number of anilines is 1. The van der Waals surface area contributed by atoms with Crippen molar-refractivity contribution in [2.45, 2.75) is 13.3 Å². The van der Waals surface area contributed by atoms with Gasteiger partial charge in [0, 0.05) is 63.1 Å². The minimum absolute atomic E-state index is 0.0376. The van der Waals surface area contributed by atoms with E-state index in [1.54, 1.807) is 0 Å². The number of piperazine rings is 1. The number of carbonyl (C=O) groups is 2. The van der Waals surface area contributed by atoms with E-state index in [0.717, 1.165) is 49.2 Å². The molecule has 1 saturated heterocycles. The number of hydrogen-bond acceptors (Lipinski definition) is 4. The van der Waals surface area contributed by atoms with E-state index >= 15 is 0 Å². The van der Waals surface area contributed by atoms with Gasteiger partial charge < -0.3 is 15.4 Å². The van der Waals surface area contributed by atoms with Crippen LogP contribution in [0.25, 0.3) is 10.9 Å². The van der Waals surface area contributed by atoms with Crippen molar-refractivity contribution in [3.05, 3.63) is 42.6 Å². The maximum Gasteiger partial charge on any atom is 0.308 e. The van der Waals surface area contributed by atoms with E-state index in [0.29, 0.717) is 12.2 Å². The molecule has 0 saturated carbocycles. The van der Waals surface area contributed by atoms with E-state index in [-0.39, 0.29) is 12.3 Å². The van der Waals surface area contributed by atoms with Gasteiger partial charge in [0.15, 0.2) is 0 Å². The Morgan fingerprint density at radius 2 is 1.93 bits per heavy atom. The highest BCUT2D eigenvalue weighted by molar-refractivity contribution is 5.95. The molecule has 0 radical (unpaired) electrons. The highest BCUT2D eigenvalue weighted by Crippen LogP contribution is 2.19. The number of aliphatic carboxylic acids is 1. The number of carboxylic acid groups (broad SMARTS) is 1. The number of nitrogens with one attached hydrogen (secondary N) is 2. The molecule has 28 heavy (non-hydrogen) atoms. The van der Waals surface area contributed by atoms with Crippen molar-refractivity contribution in [2.24, 2.45) is 5.92 Å². The minimum atomic E-state index is -0.931. The lowest BCUT2D eigenvalue weighted by atomic mass is 10.0. The second kappa shape index (κ2) is 9.03. The first kappa shape index (κ1) is 20.1. The van der Waals surface area contributed by atoms with E-state index < -0.39 is 11.9 Å². The third-order valence-corrected chi connectivity index (χ3v) is 5.06. The first-order valence-electron chi connectivity index (χ1n) is 9.59. The van der Waals surface area contributed by atoms with Gasteiger partial charge in [0.2, 0.25) is 5.91 Å². The number of hydrogen-bond donors (Lipinski definition) is 3. The third-order valence-electron chi connectivity index (χ3n) is 5.06. The molecule has 3 rings (SSSR count). The van der Waals surface area contributed by atoms with E-state index in [4.69, 9.17) is 0 Å². The molecule has 1 aliphatic rings. The lowest BCUT2D eigenvalue weighted by molar-refractivity contribution is -0.144. The molecule has 1 atom stereocenters. The molecule has 2 heterocycles. The van der Waals surface area contributed by atoms with Crippen LogP contribution in [-0.2, 0) is 9.59 Å². The maximum atomic E-state index is 12.4. The summed E-state index contributed by atoms with van der Waals surface area (Å²) in [5, 5.41) is 13.4. The normalized spacial score (nSPS) is 16.8. The molecular formula is C21H28N4O3. The van der Waals surface area contributed by atoms with Crippen LogP contribution in [0.15, 0.2) is 42.6 Å². The van der Waals surface area contributed by atoms with Gasteiger partial charge in [0.25, 0.3) is 0 Å². The number of H-pyrrole nitrogens is 1. The highest BCUT2D eigenvalue weighted by Gasteiger charge is 2.26. The summed E-state index contributed by atoms with van der Waals surface area (Å²) in [6, 6.07) is 7.55. The lowest BCUT2D eigenvalue weighted by Crippen LogP contribution is -2.49. The van der Waals surface area contributed by atoms with Crippen LogP contribution in [0.5, 0.6) is 0 Å². The summed E-state index contributed by atoms with van der Waals surface area (Å²) in [6.07, 6.45) is 1.80. The molecule has 0 aliphatic carbocycles. The molecule has 0 spiro atoms. The van der Waals surface area contributed by atoms with Crippen LogP contribution in [0.2, 0.25) is 0 Å². The van der Waals surface area contributed by atoms with Crippen molar-refractivity contribution in [3.8, 4) is 0 Å². The summed E-state index contributed by atoms with van der Waals surface area (Å²) in [4.78, 5) is 31.6. The largest absolute Gasteiger partial charge is 0.481 e. The number of carboxylic acids is 1. The van der Waals surface area contributed by atoms with Gasteiger partial charge in [-0.1, -0.05) is 18.2 Å². The monoisotopic (exact) mass is 384 g/mol. The fourth-order valence-corrected chi connectivity index (χ4v) is 3.61. The van der Waals surface area contributed by atoms with Crippen molar-refractivity contribution >= 4 is 28.5 Å². The van der Waals surface area contributed by atoms with Crippen molar-refractivity contribution < 1.29 is 14.7 Å². The van der Waals surface area contributed by atoms with Gasteiger partial charge >= 0.3 is 5.97 Å². The fourth-order valence-electron chi connectivity index (χ4n) is 3.61. The number of amides is 1. The molecule has 1 aromatic heterocycles. The number of aromatic nitrogens is 1. The summed E-state index contributed by atoms with van der Waals surface area (Å²) in [5.74, 6) is -1.93. The highest BCUT2D eigenvalue weighted by atomic mass is 16.4. The average molecular weight is 384 g/mol. The minimum Gasteiger partial charge on any atom is -0.481 e. The van der Waals surface area contributed by atoms with E-state index in [2.05, 4.69) is 26.7 Å². The molecule has 7 heteroatoms. The topological polar surface area (TPSA) is 88.7 Å².